The van der Waals surface area contributed by atoms with Crippen LogP contribution in [-0.2, 0) is 0 Å². The number of thiophene rings is 1. The predicted molar refractivity (Wildman–Crippen MR) is 83.1 cm³/mol. The lowest BCUT2D eigenvalue weighted by Gasteiger charge is -2.19. The zero-order valence-corrected chi connectivity index (χ0v) is 12.9. The summed E-state index contributed by atoms with van der Waals surface area (Å²) >= 11 is 1.41. The summed E-state index contributed by atoms with van der Waals surface area (Å²) < 4.78 is 0. The highest BCUT2D eigenvalue weighted by molar-refractivity contribution is 7.21. The van der Waals surface area contributed by atoms with Crippen molar-refractivity contribution in [1.29, 1.82) is 0 Å². The van der Waals surface area contributed by atoms with Gasteiger partial charge in [0.05, 0.1) is 5.69 Å². The fraction of sp³-hybridized carbons (Fsp3) is 0.467. The van der Waals surface area contributed by atoms with Crippen molar-refractivity contribution in [3.63, 3.8) is 0 Å². The normalized spacial score (nSPS) is 17.9. The highest BCUT2D eigenvalue weighted by Crippen LogP contribution is 2.37. The van der Waals surface area contributed by atoms with Gasteiger partial charge in [-0.25, -0.2) is 4.98 Å². The van der Waals surface area contributed by atoms with E-state index in [0.717, 1.165) is 35.3 Å². The summed E-state index contributed by atoms with van der Waals surface area (Å²) in [5, 5.41) is 0.930. The maximum absolute atomic E-state index is 12.7. The van der Waals surface area contributed by atoms with Gasteiger partial charge in [-0.05, 0) is 30.4 Å². The van der Waals surface area contributed by atoms with Crippen LogP contribution in [0.25, 0.3) is 10.2 Å². The largest absolute Gasteiger partial charge is 0.397 e. The Bertz CT molecular complexity index is 690. The van der Waals surface area contributed by atoms with Crippen molar-refractivity contribution < 1.29 is 4.79 Å². The lowest BCUT2D eigenvalue weighted by molar-refractivity contribution is 0.0784. The standard InChI is InChI=1S/C15H19N3OS/c1-9-4-6-17-13-10(9)11(16)12(20-13)14(19)18-7-5-15(2,3)8-18/h4,6H,5,7-8,16H2,1-3H3. The molecule has 1 aliphatic rings. The van der Waals surface area contributed by atoms with Crippen molar-refractivity contribution in [3.05, 3.63) is 22.7 Å². The summed E-state index contributed by atoms with van der Waals surface area (Å²) in [5.74, 6) is 0.0514. The molecule has 106 valence electrons. The second kappa shape index (κ2) is 4.45. The molecule has 0 spiro atoms. The molecule has 0 bridgehead atoms. The molecule has 20 heavy (non-hydrogen) atoms. The molecule has 3 rings (SSSR count). The van der Waals surface area contributed by atoms with Crippen molar-refractivity contribution in [3.8, 4) is 0 Å². The number of carbonyl (C=O) groups is 1. The third-order valence-corrected chi connectivity index (χ3v) is 5.10. The first-order valence-corrected chi connectivity index (χ1v) is 7.63. The van der Waals surface area contributed by atoms with E-state index < -0.39 is 0 Å². The van der Waals surface area contributed by atoms with Gasteiger partial charge in [-0.2, -0.15) is 0 Å². The second-order valence-electron chi connectivity index (χ2n) is 6.29. The maximum Gasteiger partial charge on any atom is 0.266 e. The quantitative estimate of drug-likeness (QED) is 0.877. The number of anilines is 1. The Morgan fingerprint density at radius 1 is 1.50 bits per heavy atom. The molecule has 3 heterocycles. The van der Waals surface area contributed by atoms with Crippen LogP contribution in [0.5, 0.6) is 0 Å². The van der Waals surface area contributed by atoms with Crippen LogP contribution >= 0.6 is 11.3 Å². The number of aromatic nitrogens is 1. The second-order valence-corrected chi connectivity index (χ2v) is 7.29. The van der Waals surface area contributed by atoms with Gasteiger partial charge in [0.1, 0.15) is 9.71 Å². The molecule has 0 aromatic carbocycles. The van der Waals surface area contributed by atoms with Crippen LogP contribution in [0, 0.1) is 12.3 Å². The number of hydrogen-bond acceptors (Lipinski definition) is 4. The number of pyridine rings is 1. The summed E-state index contributed by atoms with van der Waals surface area (Å²) in [5.41, 5.74) is 8.06. The van der Waals surface area contributed by atoms with Crippen molar-refractivity contribution in [2.45, 2.75) is 27.2 Å². The third kappa shape index (κ3) is 2.06. The molecule has 2 N–H and O–H groups in total. The lowest BCUT2D eigenvalue weighted by atomic mass is 9.93. The molecule has 0 radical (unpaired) electrons. The van der Waals surface area contributed by atoms with Crippen molar-refractivity contribution in [2.24, 2.45) is 5.41 Å². The van der Waals surface area contributed by atoms with Gasteiger partial charge >= 0.3 is 0 Å². The van der Waals surface area contributed by atoms with Crippen LogP contribution < -0.4 is 5.73 Å². The van der Waals surface area contributed by atoms with Crippen LogP contribution in [0.2, 0.25) is 0 Å². The van der Waals surface area contributed by atoms with Gasteiger partial charge < -0.3 is 10.6 Å². The molecule has 1 fully saturated rings. The number of nitrogens with two attached hydrogens (primary N) is 1. The molecule has 4 nitrogen and oxygen atoms in total. The van der Waals surface area contributed by atoms with Gasteiger partial charge in [-0.1, -0.05) is 13.8 Å². The highest BCUT2D eigenvalue weighted by atomic mass is 32.1. The third-order valence-electron chi connectivity index (χ3n) is 4.00. The van der Waals surface area contributed by atoms with E-state index in [9.17, 15) is 4.79 Å². The van der Waals surface area contributed by atoms with E-state index in [1.54, 1.807) is 6.20 Å². The predicted octanol–water partition coefficient (Wildman–Crippen LogP) is 3.06. The summed E-state index contributed by atoms with van der Waals surface area (Å²) in [4.78, 5) is 20.4. The Labute approximate surface area is 122 Å². The fourth-order valence-electron chi connectivity index (χ4n) is 2.79. The fourth-order valence-corrected chi connectivity index (χ4v) is 3.90. The Kier molecular flexibility index (Phi) is 2.97. The molecule has 2 aromatic rings. The van der Waals surface area contributed by atoms with Crippen molar-refractivity contribution in [2.75, 3.05) is 18.8 Å². The summed E-state index contributed by atoms with van der Waals surface area (Å²) in [7, 11) is 0. The van der Waals surface area contributed by atoms with Crippen LogP contribution in [0.15, 0.2) is 12.3 Å². The number of rotatable bonds is 1. The maximum atomic E-state index is 12.7. The summed E-state index contributed by atoms with van der Waals surface area (Å²) in [6, 6.07) is 1.93. The monoisotopic (exact) mass is 289 g/mol. The molecule has 1 saturated heterocycles. The van der Waals surface area contributed by atoms with Crippen LogP contribution in [0.4, 0.5) is 5.69 Å². The van der Waals surface area contributed by atoms with E-state index in [4.69, 9.17) is 5.73 Å². The zero-order valence-electron chi connectivity index (χ0n) is 12.1. The van der Waals surface area contributed by atoms with Gasteiger partial charge in [0.15, 0.2) is 0 Å². The number of likely N-dealkylation sites (tertiary alicyclic amines) is 1. The van der Waals surface area contributed by atoms with E-state index in [-0.39, 0.29) is 11.3 Å². The number of carbonyl (C=O) groups excluding carboxylic acids is 1. The van der Waals surface area contributed by atoms with Crippen molar-refractivity contribution >= 4 is 33.1 Å². The number of fused-ring (bicyclic) bond motifs is 1. The smallest absolute Gasteiger partial charge is 0.266 e. The first-order chi connectivity index (χ1) is 9.39. The first kappa shape index (κ1) is 13.4. The molecule has 0 aliphatic carbocycles. The van der Waals surface area contributed by atoms with Gasteiger partial charge in [-0.3, -0.25) is 4.79 Å². The molecule has 0 atom stereocenters. The Morgan fingerprint density at radius 2 is 2.25 bits per heavy atom. The minimum atomic E-state index is 0.0514. The Balaban J connectivity index is 2.01. The topological polar surface area (TPSA) is 59.2 Å². The highest BCUT2D eigenvalue weighted by Gasteiger charge is 2.34. The minimum absolute atomic E-state index is 0.0514. The molecule has 0 unspecified atom stereocenters. The molecular weight excluding hydrogens is 270 g/mol. The van der Waals surface area contributed by atoms with Crippen molar-refractivity contribution in [1.82, 2.24) is 9.88 Å². The van der Waals surface area contributed by atoms with Gasteiger partial charge in [-0.15, -0.1) is 11.3 Å². The zero-order chi connectivity index (χ0) is 14.5. The van der Waals surface area contributed by atoms with E-state index in [1.807, 2.05) is 17.9 Å². The van der Waals surface area contributed by atoms with Crippen LogP contribution in [-0.4, -0.2) is 28.9 Å². The van der Waals surface area contributed by atoms with Gasteiger partial charge in [0.2, 0.25) is 0 Å². The number of nitrogen functional groups attached to an aromatic ring is 1. The number of hydrogen-bond donors (Lipinski definition) is 1. The number of amides is 1. The Hall–Kier alpha value is -1.62. The molecule has 1 amide bonds. The van der Waals surface area contributed by atoms with E-state index in [0.29, 0.717) is 10.6 Å². The minimum Gasteiger partial charge on any atom is -0.397 e. The first-order valence-electron chi connectivity index (χ1n) is 6.82. The summed E-state index contributed by atoms with van der Waals surface area (Å²) in [6.07, 6.45) is 2.81. The summed E-state index contributed by atoms with van der Waals surface area (Å²) in [6.45, 7) is 8.00. The van der Waals surface area contributed by atoms with Crippen LogP contribution in [0.3, 0.4) is 0 Å². The van der Waals surface area contributed by atoms with E-state index >= 15 is 0 Å². The average molecular weight is 289 g/mol. The van der Waals surface area contributed by atoms with Gasteiger partial charge in [0.25, 0.3) is 5.91 Å². The SMILES string of the molecule is Cc1ccnc2sc(C(=O)N3CCC(C)(C)C3)c(N)c12. The molecule has 5 heteroatoms. The molecule has 2 aromatic heterocycles. The molecule has 0 saturated carbocycles. The van der Waals surface area contributed by atoms with E-state index in [1.165, 1.54) is 11.3 Å². The molecule has 1 aliphatic heterocycles. The number of aryl methyl sites for hydroxylation is 1. The molecular formula is C15H19N3OS. The van der Waals surface area contributed by atoms with E-state index in [2.05, 4.69) is 18.8 Å². The van der Waals surface area contributed by atoms with Gasteiger partial charge in [0, 0.05) is 24.7 Å². The average Bonchev–Trinajstić information content (AvgIpc) is 2.90. The lowest BCUT2D eigenvalue weighted by Crippen LogP contribution is -2.30. The van der Waals surface area contributed by atoms with Crippen LogP contribution in [0.1, 0.15) is 35.5 Å². The number of nitrogens with zero attached hydrogens (tertiary/aromatic N) is 2. The Morgan fingerprint density at radius 3 is 2.85 bits per heavy atom.